The molecular formula is C18H24N4O2S. The second kappa shape index (κ2) is 8.20. The number of rotatable bonds is 6. The first-order valence-electron chi connectivity index (χ1n) is 8.28. The van der Waals surface area contributed by atoms with Gasteiger partial charge >= 0.3 is 0 Å². The second-order valence-electron chi connectivity index (χ2n) is 6.39. The smallest absolute Gasteiger partial charge is 0.268 e. The number of nitrogens with zero attached hydrogens (tertiary/aromatic N) is 3. The van der Waals surface area contributed by atoms with Crippen LogP contribution in [0.4, 0.5) is 10.9 Å². The van der Waals surface area contributed by atoms with Gasteiger partial charge in [-0.05, 0) is 37.8 Å². The van der Waals surface area contributed by atoms with Gasteiger partial charge in [-0.25, -0.2) is 9.97 Å². The molecule has 2 aromatic rings. The van der Waals surface area contributed by atoms with Gasteiger partial charge in [0.15, 0.2) is 5.13 Å². The molecule has 0 atom stereocenters. The number of carbonyl (C=O) groups excluding carboxylic acids is 2. The largest absolute Gasteiger partial charge is 0.306 e. The number of pyridine rings is 1. The number of aryl methyl sites for hydroxylation is 2. The van der Waals surface area contributed by atoms with Crippen LogP contribution in [-0.2, 0) is 4.79 Å². The fourth-order valence-corrected chi connectivity index (χ4v) is 3.30. The fourth-order valence-electron chi connectivity index (χ4n) is 2.26. The van der Waals surface area contributed by atoms with Gasteiger partial charge in [0.1, 0.15) is 10.7 Å². The molecule has 0 bridgehead atoms. The Morgan fingerprint density at radius 1 is 1.32 bits per heavy atom. The van der Waals surface area contributed by atoms with E-state index in [4.69, 9.17) is 0 Å². The van der Waals surface area contributed by atoms with E-state index >= 15 is 0 Å². The Morgan fingerprint density at radius 3 is 2.64 bits per heavy atom. The van der Waals surface area contributed by atoms with E-state index in [1.807, 2.05) is 19.1 Å². The van der Waals surface area contributed by atoms with Gasteiger partial charge in [-0.3, -0.25) is 14.5 Å². The van der Waals surface area contributed by atoms with Crippen LogP contribution in [0.3, 0.4) is 0 Å². The fraction of sp³-hybridized carbons (Fsp3) is 0.444. The predicted octanol–water partition coefficient (Wildman–Crippen LogP) is 3.81. The zero-order valence-corrected chi connectivity index (χ0v) is 16.1. The Bertz CT molecular complexity index is 770. The highest BCUT2D eigenvalue weighted by molar-refractivity contribution is 7.17. The van der Waals surface area contributed by atoms with Gasteiger partial charge in [0.2, 0.25) is 5.91 Å². The van der Waals surface area contributed by atoms with E-state index in [9.17, 15) is 9.59 Å². The minimum atomic E-state index is -0.254. The lowest BCUT2D eigenvalue weighted by molar-refractivity contribution is -0.116. The first kappa shape index (κ1) is 19.1. The highest BCUT2D eigenvalue weighted by Crippen LogP contribution is 2.27. The molecule has 0 saturated heterocycles. The highest BCUT2D eigenvalue weighted by Gasteiger charge is 2.22. The lowest BCUT2D eigenvalue weighted by atomic mass is 10.1. The number of hydrogen-bond donors (Lipinski definition) is 1. The summed E-state index contributed by atoms with van der Waals surface area (Å²) in [6.07, 6.45) is 2.52. The Hall–Kier alpha value is -2.28. The number of anilines is 2. The van der Waals surface area contributed by atoms with Crippen molar-refractivity contribution >= 4 is 34.1 Å². The molecule has 0 saturated carbocycles. The quantitative estimate of drug-likeness (QED) is 0.850. The third-order valence-corrected chi connectivity index (χ3v) is 4.95. The maximum absolute atomic E-state index is 12.6. The van der Waals surface area contributed by atoms with E-state index in [-0.39, 0.29) is 11.8 Å². The van der Waals surface area contributed by atoms with Gasteiger partial charge in [-0.1, -0.05) is 31.3 Å². The Morgan fingerprint density at radius 2 is 2.04 bits per heavy atom. The van der Waals surface area contributed by atoms with Crippen LogP contribution >= 0.6 is 11.3 Å². The number of amides is 2. The molecule has 6 nitrogen and oxygen atoms in total. The summed E-state index contributed by atoms with van der Waals surface area (Å²) < 4.78 is 0. The van der Waals surface area contributed by atoms with Gasteiger partial charge in [-0.2, -0.15) is 0 Å². The van der Waals surface area contributed by atoms with E-state index < -0.39 is 0 Å². The van der Waals surface area contributed by atoms with E-state index in [1.54, 1.807) is 18.0 Å². The zero-order valence-electron chi connectivity index (χ0n) is 15.3. The van der Waals surface area contributed by atoms with Crippen LogP contribution in [0.25, 0.3) is 0 Å². The number of aromatic nitrogens is 2. The molecule has 25 heavy (non-hydrogen) atoms. The maximum Gasteiger partial charge on any atom is 0.268 e. The average Bonchev–Trinajstić information content (AvgIpc) is 2.90. The number of hydrogen-bond acceptors (Lipinski definition) is 5. The molecule has 0 aliphatic rings. The lowest BCUT2D eigenvalue weighted by Gasteiger charge is -2.18. The molecule has 2 rings (SSSR count). The van der Waals surface area contributed by atoms with Gasteiger partial charge in [0.25, 0.3) is 5.91 Å². The van der Waals surface area contributed by atoms with Crippen LogP contribution in [0.1, 0.15) is 48.1 Å². The molecule has 0 fully saturated rings. The molecule has 0 radical (unpaired) electrons. The first-order chi connectivity index (χ1) is 11.8. The summed E-state index contributed by atoms with van der Waals surface area (Å²) >= 11 is 1.23. The third kappa shape index (κ3) is 4.85. The molecule has 0 unspecified atom stereocenters. The third-order valence-electron chi connectivity index (χ3n) is 3.77. The molecule has 7 heteroatoms. The first-order valence-corrected chi connectivity index (χ1v) is 9.09. The van der Waals surface area contributed by atoms with Crippen molar-refractivity contribution in [3.05, 3.63) is 34.5 Å². The molecule has 0 aliphatic carbocycles. The summed E-state index contributed by atoms with van der Waals surface area (Å²) in [5, 5.41) is 3.38. The van der Waals surface area contributed by atoms with Crippen LogP contribution in [0, 0.1) is 19.8 Å². The molecule has 134 valence electrons. The number of carbonyl (C=O) groups is 2. The summed E-state index contributed by atoms with van der Waals surface area (Å²) in [5.74, 6) is 0.695. The van der Waals surface area contributed by atoms with Crippen LogP contribution in [0.15, 0.2) is 18.3 Å². The monoisotopic (exact) mass is 360 g/mol. The van der Waals surface area contributed by atoms with Crippen LogP contribution < -0.4 is 10.2 Å². The zero-order chi connectivity index (χ0) is 18.6. The molecule has 0 aliphatic heterocycles. The molecule has 2 heterocycles. The average molecular weight is 360 g/mol. The van der Waals surface area contributed by atoms with Crippen molar-refractivity contribution in [3.8, 4) is 0 Å². The Balaban J connectivity index is 2.21. The minimum Gasteiger partial charge on any atom is -0.306 e. The van der Waals surface area contributed by atoms with Crippen molar-refractivity contribution in [3.63, 3.8) is 0 Å². The van der Waals surface area contributed by atoms with Crippen molar-refractivity contribution in [2.45, 2.75) is 41.0 Å². The van der Waals surface area contributed by atoms with Gasteiger partial charge in [0, 0.05) is 19.7 Å². The van der Waals surface area contributed by atoms with Crippen molar-refractivity contribution < 1.29 is 9.59 Å². The molecule has 2 amide bonds. The number of nitrogens with one attached hydrogen (secondary N) is 1. The molecule has 0 aromatic carbocycles. The second-order valence-corrected chi connectivity index (χ2v) is 7.36. The van der Waals surface area contributed by atoms with Gasteiger partial charge in [0.05, 0.1) is 5.69 Å². The maximum atomic E-state index is 12.6. The van der Waals surface area contributed by atoms with Crippen molar-refractivity contribution in [2.75, 3.05) is 16.8 Å². The van der Waals surface area contributed by atoms with E-state index in [2.05, 4.69) is 29.1 Å². The van der Waals surface area contributed by atoms with E-state index in [0.29, 0.717) is 34.0 Å². The Kier molecular flexibility index (Phi) is 6.25. The van der Waals surface area contributed by atoms with Crippen molar-refractivity contribution in [1.82, 2.24) is 9.97 Å². The highest BCUT2D eigenvalue weighted by atomic mass is 32.1. The Labute approximate surface area is 152 Å². The van der Waals surface area contributed by atoms with Crippen LogP contribution in [0.5, 0.6) is 0 Å². The standard InChI is InChI=1S/C18H24N4O2S/c1-11(2)8-10-22(14(5)23)18-20-13(4)15(25-18)17(24)21-16-12(3)7-6-9-19-16/h6-7,9,11H,8,10H2,1-5H3,(H,19,21,24). The topological polar surface area (TPSA) is 75.2 Å². The summed E-state index contributed by atoms with van der Waals surface area (Å²) in [4.78, 5) is 35.3. The summed E-state index contributed by atoms with van der Waals surface area (Å²) in [7, 11) is 0. The normalized spacial score (nSPS) is 10.8. The molecule has 2 aromatic heterocycles. The van der Waals surface area contributed by atoms with Crippen molar-refractivity contribution in [2.24, 2.45) is 5.92 Å². The minimum absolute atomic E-state index is 0.0677. The van der Waals surface area contributed by atoms with E-state index in [1.165, 1.54) is 18.3 Å². The summed E-state index contributed by atoms with van der Waals surface area (Å²) in [6.45, 7) is 10.0. The molecule has 0 spiro atoms. The van der Waals surface area contributed by atoms with Crippen molar-refractivity contribution in [1.29, 1.82) is 0 Å². The SMILES string of the molecule is CC(=O)N(CCC(C)C)c1nc(C)c(C(=O)Nc2ncccc2C)s1. The number of thiazole rings is 1. The summed E-state index contributed by atoms with van der Waals surface area (Å²) in [6, 6.07) is 3.71. The predicted molar refractivity (Wildman–Crippen MR) is 101 cm³/mol. The summed E-state index contributed by atoms with van der Waals surface area (Å²) in [5.41, 5.74) is 1.50. The van der Waals surface area contributed by atoms with E-state index in [0.717, 1.165) is 12.0 Å². The van der Waals surface area contributed by atoms with Crippen LogP contribution in [0.2, 0.25) is 0 Å². The van der Waals surface area contributed by atoms with Crippen LogP contribution in [-0.4, -0.2) is 28.3 Å². The lowest BCUT2D eigenvalue weighted by Crippen LogP contribution is -2.30. The molecular weight excluding hydrogens is 336 g/mol. The molecule has 1 N–H and O–H groups in total. The van der Waals surface area contributed by atoms with Gasteiger partial charge < -0.3 is 5.32 Å². The van der Waals surface area contributed by atoms with Gasteiger partial charge in [-0.15, -0.1) is 0 Å².